The predicted octanol–water partition coefficient (Wildman–Crippen LogP) is 4.46. The Hall–Kier alpha value is -2.80. The van der Waals surface area contributed by atoms with Crippen LogP contribution in [0.25, 0.3) is 0 Å². The first kappa shape index (κ1) is 22.9. The molecule has 166 valence electrons. The highest BCUT2D eigenvalue weighted by molar-refractivity contribution is 6.33. The molecule has 31 heavy (non-hydrogen) atoms. The van der Waals surface area contributed by atoms with Crippen molar-refractivity contribution < 1.29 is 19.1 Å². The number of pyridine rings is 1. The van der Waals surface area contributed by atoms with Crippen LogP contribution < -0.4 is 4.90 Å². The molecule has 0 saturated carbocycles. The normalized spacial score (nSPS) is 14.4. The van der Waals surface area contributed by atoms with Gasteiger partial charge in [-0.2, -0.15) is 0 Å². The Morgan fingerprint density at radius 2 is 1.74 bits per heavy atom. The lowest BCUT2D eigenvalue weighted by molar-refractivity contribution is 0.0240. The fraction of sp³-hybridized carbons (Fsp3) is 0.435. The molecule has 0 radical (unpaired) electrons. The molecular weight excluding hydrogens is 418 g/mol. The molecule has 1 aromatic carbocycles. The number of rotatable bonds is 4. The van der Waals surface area contributed by atoms with E-state index >= 15 is 0 Å². The minimum absolute atomic E-state index is 0.186. The maximum Gasteiger partial charge on any atom is 0.410 e. The van der Waals surface area contributed by atoms with E-state index in [2.05, 4.69) is 4.98 Å². The van der Waals surface area contributed by atoms with E-state index in [1.165, 1.54) is 6.20 Å². The summed E-state index contributed by atoms with van der Waals surface area (Å²) in [5, 5.41) is 0.371. The van der Waals surface area contributed by atoms with Crippen molar-refractivity contribution >= 4 is 29.5 Å². The number of ether oxygens (including phenoxy) is 2. The third-order valence-electron chi connectivity index (χ3n) is 4.78. The lowest BCUT2D eigenvalue weighted by Crippen LogP contribution is -2.50. The van der Waals surface area contributed by atoms with E-state index in [-0.39, 0.29) is 12.7 Å². The number of aryl methyl sites for hydroxylation is 1. The molecule has 8 heteroatoms. The van der Waals surface area contributed by atoms with E-state index in [1.807, 2.05) is 56.9 Å². The van der Waals surface area contributed by atoms with Crippen molar-refractivity contribution in [3.8, 4) is 0 Å². The van der Waals surface area contributed by atoms with Gasteiger partial charge in [0.25, 0.3) is 0 Å². The van der Waals surface area contributed by atoms with Crippen LogP contribution in [0.2, 0.25) is 5.02 Å². The number of anilines is 1. The molecule has 0 bridgehead atoms. The smallest absolute Gasteiger partial charge is 0.410 e. The molecule has 1 amide bonds. The molecule has 1 saturated heterocycles. The lowest BCUT2D eigenvalue weighted by atomic mass is 10.2. The quantitative estimate of drug-likeness (QED) is 0.647. The fourth-order valence-corrected chi connectivity index (χ4v) is 3.40. The molecule has 0 unspecified atom stereocenters. The summed E-state index contributed by atoms with van der Waals surface area (Å²) in [5.41, 5.74) is 1.84. The first-order valence-corrected chi connectivity index (χ1v) is 10.6. The second-order valence-electron chi connectivity index (χ2n) is 8.55. The summed E-state index contributed by atoms with van der Waals surface area (Å²) in [6.07, 6.45) is 1.15. The van der Waals surface area contributed by atoms with Gasteiger partial charge >= 0.3 is 12.1 Å². The van der Waals surface area contributed by atoms with Gasteiger partial charge in [-0.15, -0.1) is 0 Å². The number of hydrogen-bond acceptors (Lipinski definition) is 6. The Kier molecular flexibility index (Phi) is 7.05. The molecule has 0 atom stereocenters. The van der Waals surface area contributed by atoms with Crippen LogP contribution in [-0.4, -0.2) is 53.7 Å². The Morgan fingerprint density at radius 1 is 1.10 bits per heavy atom. The molecule has 1 aliphatic rings. The van der Waals surface area contributed by atoms with Gasteiger partial charge in [0.15, 0.2) is 0 Å². The number of esters is 1. The number of halogens is 1. The summed E-state index contributed by atoms with van der Waals surface area (Å²) in [5.74, 6) is 0.108. The zero-order valence-electron chi connectivity index (χ0n) is 18.4. The zero-order valence-corrected chi connectivity index (χ0v) is 19.1. The average molecular weight is 446 g/mol. The van der Waals surface area contributed by atoms with Gasteiger partial charge in [0.2, 0.25) is 0 Å². The second kappa shape index (κ2) is 9.56. The number of carbonyl (C=O) groups is 2. The van der Waals surface area contributed by atoms with E-state index in [9.17, 15) is 9.59 Å². The van der Waals surface area contributed by atoms with E-state index in [0.29, 0.717) is 42.6 Å². The summed E-state index contributed by atoms with van der Waals surface area (Å²) in [6.45, 7) is 9.88. The number of hydrogen-bond donors (Lipinski definition) is 0. The van der Waals surface area contributed by atoms with Crippen LogP contribution in [-0.2, 0) is 16.1 Å². The molecular formula is C23H28ClN3O4. The van der Waals surface area contributed by atoms with E-state index < -0.39 is 11.6 Å². The number of benzene rings is 1. The third-order valence-corrected chi connectivity index (χ3v) is 5.06. The number of aromatic nitrogens is 1. The van der Waals surface area contributed by atoms with Crippen molar-refractivity contribution in [1.82, 2.24) is 9.88 Å². The van der Waals surface area contributed by atoms with Crippen LogP contribution in [0.1, 0.15) is 42.3 Å². The number of carbonyl (C=O) groups excluding carboxylic acids is 2. The largest absolute Gasteiger partial charge is 0.457 e. The van der Waals surface area contributed by atoms with Crippen LogP contribution in [0.15, 0.2) is 36.5 Å². The Balaban J connectivity index is 1.56. The summed E-state index contributed by atoms with van der Waals surface area (Å²) in [4.78, 5) is 32.6. The standard InChI is InChI=1S/C23H28ClN3O4/c1-16-5-7-17(8-6-16)15-30-21(28)18-13-19(24)20(25-14-18)26-9-11-27(12-10-26)22(29)31-23(2,3)4/h5-8,13-14H,9-12,15H2,1-4H3. The van der Waals surface area contributed by atoms with Crippen LogP contribution in [0.4, 0.5) is 10.6 Å². The molecule has 3 rings (SSSR count). The summed E-state index contributed by atoms with van der Waals surface area (Å²) >= 11 is 6.41. The monoisotopic (exact) mass is 445 g/mol. The van der Waals surface area contributed by atoms with Gasteiger partial charge in [-0.1, -0.05) is 41.4 Å². The molecule has 7 nitrogen and oxygen atoms in total. The van der Waals surface area contributed by atoms with Gasteiger partial charge in [-0.3, -0.25) is 0 Å². The highest BCUT2D eigenvalue weighted by atomic mass is 35.5. The van der Waals surface area contributed by atoms with E-state index in [0.717, 1.165) is 11.1 Å². The molecule has 1 aromatic heterocycles. The van der Waals surface area contributed by atoms with Crippen molar-refractivity contribution in [2.24, 2.45) is 0 Å². The van der Waals surface area contributed by atoms with Crippen LogP contribution in [0.5, 0.6) is 0 Å². The highest BCUT2D eigenvalue weighted by Gasteiger charge is 2.27. The van der Waals surface area contributed by atoms with Gasteiger partial charge in [-0.05, 0) is 39.3 Å². The third kappa shape index (κ3) is 6.34. The molecule has 2 heterocycles. The van der Waals surface area contributed by atoms with Crippen molar-refractivity contribution in [3.05, 3.63) is 58.2 Å². The van der Waals surface area contributed by atoms with Crippen LogP contribution in [0.3, 0.4) is 0 Å². The fourth-order valence-electron chi connectivity index (χ4n) is 3.12. The average Bonchev–Trinajstić information content (AvgIpc) is 2.72. The van der Waals surface area contributed by atoms with Crippen LogP contribution in [0, 0.1) is 6.92 Å². The number of piperazine rings is 1. The molecule has 1 fully saturated rings. The summed E-state index contributed by atoms with van der Waals surface area (Å²) < 4.78 is 10.8. The Morgan fingerprint density at radius 3 is 2.32 bits per heavy atom. The zero-order chi connectivity index (χ0) is 22.6. The SMILES string of the molecule is Cc1ccc(COC(=O)c2cnc(N3CCN(C(=O)OC(C)(C)C)CC3)c(Cl)c2)cc1. The van der Waals surface area contributed by atoms with Crippen molar-refractivity contribution in [2.45, 2.75) is 39.9 Å². The lowest BCUT2D eigenvalue weighted by Gasteiger charge is -2.36. The molecule has 0 spiro atoms. The highest BCUT2D eigenvalue weighted by Crippen LogP contribution is 2.26. The van der Waals surface area contributed by atoms with Gasteiger partial charge in [0.1, 0.15) is 18.0 Å². The van der Waals surface area contributed by atoms with Gasteiger partial charge < -0.3 is 19.3 Å². The Labute approximate surface area is 187 Å². The molecule has 0 aliphatic carbocycles. The number of nitrogens with zero attached hydrogens (tertiary/aromatic N) is 3. The van der Waals surface area contributed by atoms with Crippen molar-refractivity contribution in [1.29, 1.82) is 0 Å². The Bertz CT molecular complexity index is 933. The summed E-state index contributed by atoms with van der Waals surface area (Å²) in [6, 6.07) is 9.36. The van der Waals surface area contributed by atoms with Crippen molar-refractivity contribution in [3.63, 3.8) is 0 Å². The van der Waals surface area contributed by atoms with E-state index in [4.69, 9.17) is 21.1 Å². The van der Waals surface area contributed by atoms with Crippen LogP contribution >= 0.6 is 11.6 Å². The number of amides is 1. The maximum absolute atomic E-state index is 12.4. The molecule has 1 aliphatic heterocycles. The maximum atomic E-state index is 12.4. The van der Waals surface area contributed by atoms with E-state index in [1.54, 1.807) is 11.0 Å². The van der Waals surface area contributed by atoms with Gasteiger partial charge in [0, 0.05) is 32.4 Å². The van der Waals surface area contributed by atoms with Crippen molar-refractivity contribution in [2.75, 3.05) is 31.1 Å². The second-order valence-corrected chi connectivity index (χ2v) is 8.95. The van der Waals surface area contributed by atoms with Gasteiger partial charge in [0.05, 0.1) is 10.6 Å². The minimum atomic E-state index is -0.525. The predicted molar refractivity (Wildman–Crippen MR) is 120 cm³/mol. The molecule has 0 N–H and O–H groups in total. The van der Waals surface area contributed by atoms with Gasteiger partial charge in [-0.25, -0.2) is 14.6 Å². The topological polar surface area (TPSA) is 72.0 Å². The first-order valence-electron chi connectivity index (χ1n) is 10.2. The molecule has 2 aromatic rings. The first-order chi connectivity index (χ1) is 14.6. The summed E-state index contributed by atoms with van der Waals surface area (Å²) in [7, 11) is 0. The minimum Gasteiger partial charge on any atom is -0.457 e.